The van der Waals surface area contributed by atoms with E-state index in [1.165, 1.54) is 7.11 Å². The molecule has 0 saturated heterocycles. The Morgan fingerprint density at radius 3 is 2.72 bits per heavy atom. The molecule has 0 aliphatic heterocycles. The van der Waals surface area contributed by atoms with E-state index in [1.807, 2.05) is 36.4 Å². The highest BCUT2D eigenvalue weighted by atomic mass is 16.6. The summed E-state index contributed by atoms with van der Waals surface area (Å²) in [6, 6.07) is 12.9. The lowest BCUT2D eigenvalue weighted by Crippen LogP contribution is -2.27. The Bertz CT molecular complexity index is 1040. The zero-order valence-corrected chi connectivity index (χ0v) is 16.4. The molecule has 0 aliphatic rings. The van der Waals surface area contributed by atoms with E-state index in [9.17, 15) is 9.59 Å². The first kappa shape index (κ1) is 20.2. The van der Waals surface area contributed by atoms with Gasteiger partial charge in [0.25, 0.3) is 0 Å². The van der Waals surface area contributed by atoms with Gasteiger partial charge in [-0.05, 0) is 37.1 Å². The third-order valence-corrected chi connectivity index (χ3v) is 4.49. The van der Waals surface area contributed by atoms with Gasteiger partial charge in [-0.15, -0.1) is 6.58 Å². The van der Waals surface area contributed by atoms with Crippen LogP contribution in [0, 0.1) is 0 Å². The molecule has 1 atom stereocenters. The van der Waals surface area contributed by atoms with Crippen LogP contribution in [-0.2, 0) is 16.0 Å². The lowest BCUT2D eigenvalue weighted by Gasteiger charge is -2.14. The number of ketones is 1. The summed E-state index contributed by atoms with van der Waals surface area (Å²) in [6.07, 6.45) is 3.19. The predicted octanol–water partition coefficient (Wildman–Crippen LogP) is 4.10. The molecule has 0 amide bonds. The second kappa shape index (κ2) is 9.10. The van der Waals surface area contributed by atoms with E-state index in [1.54, 1.807) is 25.3 Å². The highest BCUT2D eigenvalue weighted by Crippen LogP contribution is 2.28. The van der Waals surface area contributed by atoms with Gasteiger partial charge in [0.05, 0.1) is 7.11 Å². The maximum Gasteiger partial charge on any atom is 0.344 e. The number of carbonyl (C=O) groups is 2. The van der Waals surface area contributed by atoms with Gasteiger partial charge in [0.1, 0.15) is 0 Å². The van der Waals surface area contributed by atoms with Crippen molar-refractivity contribution in [3.05, 3.63) is 72.4 Å². The zero-order chi connectivity index (χ0) is 20.8. The van der Waals surface area contributed by atoms with Gasteiger partial charge in [-0.3, -0.25) is 4.79 Å². The third kappa shape index (κ3) is 4.66. The number of aromatic amines is 1. The Kier molecular flexibility index (Phi) is 6.34. The zero-order valence-electron chi connectivity index (χ0n) is 16.4. The summed E-state index contributed by atoms with van der Waals surface area (Å²) >= 11 is 0. The number of H-pyrrole nitrogens is 1. The number of hydrogen-bond acceptors (Lipinski definition) is 5. The summed E-state index contributed by atoms with van der Waals surface area (Å²) < 4.78 is 16.1. The van der Waals surface area contributed by atoms with Crippen LogP contribution in [-0.4, -0.2) is 36.6 Å². The van der Waals surface area contributed by atoms with Crippen molar-refractivity contribution in [3.8, 4) is 11.5 Å². The summed E-state index contributed by atoms with van der Waals surface area (Å²) in [7, 11) is 1.53. The first-order valence-corrected chi connectivity index (χ1v) is 9.24. The monoisotopic (exact) mass is 393 g/mol. The third-order valence-electron chi connectivity index (χ3n) is 4.49. The van der Waals surface area contributed by atoms with Gasteiger partial charge in [0, 0.05) is 22.7 Å². The van der Waals surface area contributed by atoms with E-state index < -0.39 is 12.1 Å². The Morgan fingerprint density at radius 2 is 1.97 bits per heavy atom. The molecule has 0 radical (unpaired) electrons. The Morgan fingerprint density at radius 1 is 1.17 bits per heavy atom. The number of methoxy groups -OCH3 is 1. The first-order valence-electron chi connectivity index (χ1n) is 9.24. The molecule has 0 spiro atoms. The maximum atomic E-state index is 12.7. The van der Waals surface area contributed by atoms with Crippen molar-refractivity contribution >= 4 is 22.7 Å². The molecule has 0 aliphatic carbocycles. The van der Waals surface area contributed by atoms with E-state index in [4.69, 9.17) is 14.2 Å². The topological polar surface area (TPSA) is 77.6 Å². The number of carbonyl (C=O) groups excluding carboxylic acids is 2. The minimum atomic E-state index is -0.929. The van der Waals surface area contributed by atoms with Gasteiger partial charge in [0.2, 0.25) is 5.78 Å². The number of rotatable bonds is 9. The fraction of sp³-hybridized carbons (Fsp3) is 0.217. The van der Waals surface area contributed by atoms with Crippen LogP contribution in [0.25, 0.3) is 10.9 Å². The molecule has 6 heteroatoms. The number of aromatic nitrogens is 1. The molecular formula is C23H23NO5. The summed E-state index contributed by atoms with van der Waals surface area (Å²) in [5, 5.41) is 0.793. The molecule has 29 heavy (non-hydrogen) atoms. The minimum absolute atomic E-state index is 0.276. The summed E-state index contributed by atoms with van der Waals surface area (Å²) in [6.45, 7) is 4.93. The second-order valence-corrected chi connectivity index (χ2v) is 6.51. The van der Waals surface area contributed by atoms with Crippen LogP contribution in [0.15, 0.2) is 61.3 Å². The van der Waals surface area contributed by atoms with E-state index >= 15 is 0 Å². The van der Waals surface area contributed by atoms with Crippen LogP contribution in [0.2, 0.25) is 0 Å². The van der Waals surface area contributed by atoms with Gasteiger partial charge in [0.15, 0.2) is 24.2 Å². The van der Waals surface area contributed by atoms with E-state index in [2.05, 4.69) is 11.6 Å². The minimum Gasteiger partial charge on any atom is -0.493 e. The van der Waals surface area contributed by atoms with Crippen molar-refractivity contribution in [2.75, 3.05) is 13.7 Å². The number of fused-ring (bicyclic) bond motifs is 1. The molecule has 6 nitrogen and oxygen atoms in total. The quantitative estimate of drug-likeness (QED) is 0.336. The van der Waals surface area contributed by atoms with Crippen molar-refractivity contribution < 1.29 is 23.8 Å². The smallest absolute Gasteiger partial charge is 0.344 e. The number of hydrogen-bond donors (Lipinski definition) is 1. The number of allylic oxidation sites excluding steroid dienone is 1. The lowest BCUT2D eigenvalue weighted by molar-refractivity contribution is -0.148. The highest BCUT2D eigenvalue weighted by Gasteiger charge is 2.22. The fourth-order valence-corrected chi connectivity index (χ4v) is 3.04. The normalized spacial score (nSPS) is 11.7. The van der Waals surface area contributed by atoms with Crippen molar-refractivity contribution in [2.45, 2.75) is 19.4 Å². The maximum absolute atomic E-state index is 12.7. The highest BCUT2D eigenvalue weighted by molar-refractivity contribution is 6.10. The standard InChI is InChI=1S/C23H23NO5/c1-4-7-16-10-11-20(21(12-16)27-3)28-14-22(25)29-15(2)23(26)18-13-24-19-9-6-5-8-17(18)19/h4-6,8-13,15,24H,1,7,14H2,2-3H3/t15-/m0/s1. The Hall–Kier alpha value is -3.54. The van der Waals surface area contributed by atoms with Gasteiger partial charge in [-0.25, -0.2) is 4.79 Å². The molecule has 0 fully saturated rings. The van der Waals surface area contributed by atoms with Crippen LogP contribution >= 0.6 is 0 Å². The molecule has 3 rings (SSSR count). The molecule has 0 saturated carbocycles. The number of ether oxygens (including phenoxy) is 3. The van der Waals surface area contributed by atoms with Crippen LogP contribution in [0.1, 0.15) is 22.8 Å². The Balaban J connectivity index is 1.60. The van der Waals surface area contributed by atoms with Crippen LogP contribution in [0.5, 0.6) is 11.5 Å². The average Bonchev–Trinajstić information content (AvgIpc) is 3.16. The molecule has 3 aromatic rings. The fourth-order valence-electron chi connectivity index (χ4n) is 3.04. The summed E-state index contributed by atoms with van der Waals surface area (Å²) in [5.41, 5.74) is 2.36. The molecule has 150 valence electrons. The molecule has 0 unspecified atom stereocenters. The van der Waals surface area contributed by atoms with E-state index in [0.717, 1.165) is 16.5 Å². The van der Waals surface area contributed by atoms with Gasteiger partial charge in [-0.2, -0.15) is 0 Å². The van der Waals surface area contributed by atoms with Crippen molar-refractivity contribution in [1.29, 1.82) is 0 Å². The number of esters is 1. The SMILES string of the molecule is C=CCc1ccc(OCC(=O)O[C@@H](C)C(=O)c2c[nH]c3ccccc23)c(OC)c1. The lowest BCUT2D eigenvalue weighted by atomic mass is 10.1. The van der Waals surface area contributed by atoms with Gasteiger partial charge >= 0.3 is 5.97 Å². The Labute approximate surface area is 169 Å². The van der Waals surface area contributed by atoms with Crippen molar-refractivity contribution in [1.82, 2.24) is 4.98 Å². The molecule has 2 aromatic carbocycles. The summed E-state index contributed by atoms with van der Waals surface area (Å²) in [5.74, 6) is 0.0259. The van der Waals surface area contributed by atoms with Crippen molar-refractivity contribution in [3.63, 3.8) is 0 Å². The molecule has 1 N–H and O–H groups in total. The van der Waals surface area contributed by atoms with Crippen LogP contribution in [0.3, 0.4) is 0 Å². The van der Waals surface area contributed by atoms with Gasteiger partial charge in [-0.1, -0.05) is 30.3 Å². The molecule has 1 heterocycles. The number of para-hydroxylation sites is 1. The van der Waals surface area contributed by atoms with E-state index in [-0.39, 0.29) is 12.4 Å². The first-order chi connectivity index (χ1) is 14.0. The average molecular weight is 393 g/mol. The summed E-state index contributed by atoms with van der Waals surface area (Å²) in [4.78, 5) is 27.9. The van der Waals surface area contributed by atoms with Crippen molar-refractivity contribution in [2.24, 2.45) is 0 Å². The largest absolute Gasteiger partial charge is 0.493 e. The second-order valence-electron chi connectivity index (χ2n) is 6.51. The van der Waals surface area contributed by atoms with Crippen LogP contribution in [0.4, 0.5) is 0 Å². The molecule has 1 aromatic heterocycles. The van der Waals surface area contributed by atoms with Crippen LogP contribution < -0.4 is 9.47 Å². The predicted molar refractivity (Wildman–Crippen MR) is 111 cm³/mol. The van der Waals surface area contributed by atoms with E-state index in [0.29, 0.717) is 23.5 Å². The molecular weight excluding hydrogens is 370 g/mol. The number of nitrogens with one attached hydrogen (secondary N) is 1. The number of Topliss-reactive ketones (excluding diaryl/α,β-unsaturated/α-hetero) is 1. The number of benzene rings is 2. The molecule has 0 bridgehead atoms. The van der Waals surface area contributed by atoms with Gasteiger partial charge < -0.3 is 19.2 Å².